The van der Waals surface area contributed by atoms with E-state index in [1.807, 2.05) is 0 Å². The van der Waals surface area contributed by atoms with Crippen molar-refractivity contribution in [3.05, 3.63) is 0 Å². The normalized spacial score (nSPS) is 20.4. The van der Waals surface area contributed by atoms with Crippen LogP contribution in [0.4, 0.5) is 0 Å². The molecule has 1 fully saturated rings. The van der Waals surface area contributed by atoms with Crippen molar-refractivity contribution in [2.45, 2.75) is 25.8 Å². The number of carbonyl (C=O) groups excluding carboxylic acids is 2. The summed E-state index contributed by atoms with van der Waals surface area (Å²) >= 11 is 0. The minimum Gasteiger partial charge on any atom is -0.383 e. The van der Waals surface area contributed by atoms with E-state index >= 15 is 0 Å². The van der Waals surface area contributed by atoms with Gasteiger partial charge in [-0.3, -0.25) is 9.59 Å². The molecule has 0 aromatic carbocycles. The quantitative estimate of drug-likeness (QED) is 0.525. The first-order valence-electron chi connectivity index (χ1n) is 6.40. The predicted molar refractivity (Wildman–Crippen MR) is 68.1 cm³/mol. The van der Waals surface area contributed by atoms with Crippen molar-refractivity contribution in [3.63, 3.8) is 0 Å². The summed E-state index contributed by atoms with van der Waals surface area (Å²) in [5.74, 6) is 0.164. The molecule has 0 radical (unpaired) electrons. The molecule has 0 bridgehead atoms. The molecule has 18 heavy (non-hydrogen) atoms. The van der Waals surface area contributed by atoms with Crippen molar-refractivity contribution < 1.29 is 14.3 Å². The van der Waals surface area contributed by atoms with Gasteiger partial charge in [-0.05, 0) is 32.4 Å². The van der Waals surface area contributed by atoms with Crippen LogP contribution in [-0.2, 0) is 14.3 Å². The van der Waals surface area contributed by atoms with E-state index in [9.17, 15) is 9.59 Å². The number of hydrogen-bond donors (Lipinski definition) is 3. The van der Waals surface area contributed by atoms with Gasteiger partial charge in [0.25, 0.3) is 0 Å². The van der Waals surface area contributed by atoms with Gasteiger partial charge in [0, 0.05) is 20.1 Å². The van der Waals surface area contributed by atoms with Gasteiger partial charge in [-0.25, -0.2) is 0 Å². The van der Waals surface area contributed by atoms with Gasteiger partial charge in [-0.1, -0.05) is 0 Å². The summed E-state index contributed by atoms with van der Waals surface area (Å²) in [6, 6.07) is -0.497. The monoisotopic (exact) mass is 257 g/mol. The van der Waals surface area contributed by atoms with E-state index in [-0.39, 0.29) is 11.8 Å². The topological polar surface area (TPSA) is 79.5 Å². The van der Waals surface area contributed by atoms with Crippen LogP contribution in [0.3, 0.4) is 0 Å². The summed E-state index contributed by atoms with van der Waals surface area (Å²) in [6.07, 6.45) is 1.52. The highest BCUT2D eigenvalue weighted by Gasteiger charge is 2.20. The molecule has 1 rings (SSSR count). The summed E-state index contributed by atoms with van der Waals surface area (Å²) < 4.78 is 4.83. The van der Waals surface area contributed by atoms with Crippen molar-refractivity contribution >= 4 is 11.8 Å². The minimum absolute atomic E-state index is 0.0573. The molecule has 6 heteroatoms. The number of rotatable bonds is 7. The van der Waals surface area contributed by atoms with Gasteiger partial charge in [0.05, 0.1) is 6.61 Å². The zero-order valence-corrected chi connectivity index (χ0v) is 11.1. The summed E-state index contributed by atoms with van der Waals surface area (Å²) in [5.41, 5.74) is 0. The molecule has 1 aliphatic heterocycles. The van der Waals surface area contributed by atoms with Gasteiger partial charge in [0.1, 0.15) is 6.04 Å². The first-order valence-corrected chi connectivity index (χ1v) is 6.40. The Morgan fingerprint density at radius 3 is 2.89 bits per heavy atom. The lowest BCUT2D eigenvalue weighted by atomic mass is 10.0. The second kappa shape index (κ2) is 8.05. The molecular weight excluding hydrogens is 234 g/mol. The van der Waals surface area contributed by atoms with Gasteiger partial charge in [-0.2, -0.15) is 0 Å². The summed E-state index contributed by atoms with van der Waals surface area (Å²) in [6.45, 7) is 4.49. The average molecular weight is 257 g/mol. The third-order valence-corrected chi connectivity index (χ3v) is 3.01. The van der Waals surface area contributed by atoms with Crippen LogP contribution >= 0.6 is 0 Å². The first-order chi connectivity index (χ1) is 8.63. The SMILES string of the molecule is COCCNC(=O)C(C)NC(=O)CC1CCNC1. The van der Waals surface area contributed by atoms with Crippen molar-refractivity contribution in [1.29, 1.82) is 0 Å². The predicted octanol–water partition coefficient (Wildman–Crippen LogP) is -0.747. The van der Waals surface area contributed by atoms with E-state index in [1.54, 1.807) is 14.0 Å². The number of nitrogens with one attached hydrogen (secondary N) is 3. The molecule has 0 aromatic heterocycles. The van der Waals surface area contributed by atoms with E-state index < -0.39 is 6.04 Å². The zero-order valence-electron chi connectivity index (χ0n) is 11.1. The maximum atomic E-state index is 11.7. The van der Waals surface area contributed by atoms with Crippen LogP contribution in [0.5, 0.6) is 0 Å². The molecular formula is C12H23N3O3. The molecule has 2 atom stereocenters. The Hall–Kier alpha value is -1.14. The fourth-order valence-electron chi connectivity index (χ4n) is 1.95. The molecule has 3 N–H and O–H groups in total. The fourth-order valence-corrected chi connectivity index (χ4v) is 1.95. The summed E-state index contributed by atoms with van der Waals surface area (Å²) in [7, 11) is 1.58. The van der Waals surface area contributed by atoms with E-state index in [0.717, 1.165) is 19.5 Å². The molecule has 0 spiro atoms. The van der Waals surface area contributed by atoms with E-state index in [0.29, 0.717) is 25.5 Å². The maximum Gasteiger partial charge on any atom is 0.242 e. The van der Waals surface area contributed by atoms with Crippen LogP contribution in [0.1, 0.15) is 19.8 Å². The largest absolute Gasteiger partial charge is 0.383 e. The third-order valence-electron chi connectivity index (χ3n) is 3.01. The van der Waals surface area contributed by atoms with Crippen LogP contribution in [0.15, 0.2) is 0 Å². The number of hydrogen-bond acceptors (Lipinski definition) is 4. The number of ether oxygens (including phenoxy) is 1. The summed E-state index contributed by atoms with van der Waals surface area (Å²) in [4.78, 5) is 23.3. The molecule has 0 saturated carbocycles. The minimum atomic E-state index is -0.497. The Kier molecular flexibility index (Phi) is 6.67. The van der Waals surface area contributed by atoms with Crippen molar-refractivity contribution in [1.82, 2.24) is 16.0 Å². The van der Waals surface area contributed by atoms with E-state index in [1.165, 1.54) is 0 Å². The summed E-state index contributed by atoms with van der Waals surface area (Å²) in [5, 5.41) is 8.62. The van der Waals surface area contributed by atoms with Crippen molar-refractivity contribution in [3.8, 4) is 0 Å². The molecule has 1 saturated heterocycles. The second-order valence-corrected chi connectivity index (χ2v) is 4.64. The Bertz CT molecular complexity index is 278. The highest BCUT2D eigenvalue weighted by atomic mass is 16.5. The van der Waals surface area contributed by atoms with Crippen LogP contribution < -0.4 is 16.0 Å². The Balaban J connectivity index is 2.18. The van der Waals surface area contributed by atoms with Crippen LogP contribution in [0.2, 0.25) is 0 Å². The number of methoxy groups -OCH3 is 1. The lowest BCUT2D eigenvalue weighted by molar-refractivity contribution is -0.129. The second-order valence-electron chi connectivity index (χ2n) is 4.64. The van der Waals surface area contributed by atoms with Crippen LogP contribution in [-0.4, -0.2) is 51.2 Å². The van der Waals surface area contributed by atoms with Gasteiger partial charge < -0.3 is 20.7 Å². The Morgan fingerprint density at radius 1 is 1.50 bits per heavy atom. The average Bonchev–Trinajstić information content (AvgIpc) is 2.81. The fraction of sp³-hybridized carbons (Fsp3) is 0.833. The zero-order chi connectivity index (χ0) is 13.4. The van der Waals surface area contributed by atoms with E-state index in [4.69, 9.17) is 4.74 Å². The number of carbonyl (C=O) groups is 2. The maximum absolute atomic E-state index is 11.7. The standard InChI is InChI=1S/C12H23N3O3/c1-9(12(17)14-5-6-18-2)15-11(16)7-10-3-4-13-8-10/h9-10,13H,3-8H2,1-2H3,(H,14,17)(H,15,16). The van der Waals surface area contributed by atoms with Gasteiger partial charge in [0.15, 0.2) is 0 Å². The Labute approximate surface area is 108 Å². The first kappa shape index (κ1) is 14.9. The molecule has 0 aromatic rings. The highest BCUT2D eigenvalue weighted by molar-refractivity contribution is 5.87. The van der Waals surface area contributed by atoms with Crippen LogP contribution in [0, 0.1) is 5.92 Å². The number of amides is 2. The smallest absolute Gasteiger partial charge is 0.242 e. The lowest BCUT2D eigenvalue weighted by Gasteiger charge is -2.15. The van der Waals surface area contributed by atoms with Gasteiger partial charge in [-0.15, -0.1) is 0 Å². The Morgan fingerprint density at radius 2 is 2.28 bits per heavy atom. The molecule has 6 nitrogen and oxygen atoms in total. The van der Waals surface area contributed by atoms with Crippen LogP contribution in [0.25, 0.3) is 0 Å². The molecule has 0 aliphatic carbocycles. The third kappa shape index (κ3) is 5.46. The van der Waals surface area contributed by atoms with Gasteiger partial charge >= 0.3 is 0 Å². The van der Waals surface area contributed by atoms with Gasteiger partial charge in [0.2, 0.25) is 11.8 Å². The molecule has 2 amide bonds. The van der Waals surface area contributed by atoms with Crippen molar-refractivity contribution in [2.75, 3.05) is 33.4 Å². The molecule has 1 heterocycles. The molecule has 1 aliphatic rings. The van der Waals surface area contributed by atoms with E-state index in [2.05, 4.69) is 16.0 Å². The highest BCUT2D eigenvalue weighted by Crippen LogP contribution is 2.11. The van der Waals surface area contributed by atoms with Crippen molar-refractivity contribution in [2.24, 2.45) is 5.92 Å². The lowest BCUT2D eigenvalue weighted by Crippen LogP contribution is -2.45. The molecule has 104 valence electrons. The molecule has 2 unspecified atom stereocenters.